The van der Waals surface area contributed by atoms with Crippen LogP contribution < -0.4 is 9.62 Å². The molecule has 2 atom stereocenters. The lowest BCUT2D eigenvalue weighted by molar-refractivity contribution is -0.140. The molecular formula is C29H33Br2N3O4S. The van der Waals surface area contributed by atoms with E-state index in [0.29, 0.717) is 10.2 Å². The highest BCUT2D eigenvalue weighted by Gasteiger charge is 2.33. The van der Waals surface area contributed by atoms with Crippen LogP contribution in [0.15, 0.2) is 87.8 Å². The van der Waals surface area contributed by atoms with E-state index in [2.05, 4.69) is 37.2 Å². The molecule has 2 amide bonds. The minimum absolute atomic E-state index is 0.0913. The normalized spacial score (nSPS) is 12.8. The number of carbonyl (C=O) groups excluding carboxylic acids is 2. The molecule has 208 valence electrons. The summed E-state index contributed by atoms with van der Waals surface area (Å²) in [5.41, 5.74) is 2.04. The molecule has 3 rings (SSSR count). The van der Waals surface area contributed by atoms with E-state index in [0.717, 1.165) is 32.6 Å². The molecule has 0 aliphatic heterocycles. The number of amides is 2. The molecule has 0 aliphatic carbocycles. The molecule has 10 heteroatoms. The SMILES string of the molecule is CC[C@H](C)NC(=O)[C@@H](Cc1ccccc1)N(Cc1cccc(Br)c1)C(=O)CN(c1ccccc1Br)S(C)(=O)=O. The molecule has 0 saturated carbocycles. The molecule has 1 N–H and O–H groups in total. The molecule has 0 aromatic heterocycles. The number of sulfonamides is 1. The van der Waals surface area contributed by atoms with Crippen LogP contribution in [0.4, 0.5) is 5.69 Å². The Morgan fingerprint density at radius 2 is 1.56 bits per heavy atom. The number of carbonyl (C=O) groups is 2. The second-order valence-corrected chi connectivity index (χ2v) is 13.1. The van der Waals surface area contributed by atoms with Crippen LogP contribution in [-0.4, -0.2) is 50.0 Å². The third-order valence-corrected chi connectivity index (χ3v) is 8.60. The van der Waals surface area contributed by atoms with Crippen LogP contribution in [0.1, 0.15) is 31.4 Å². The summed E-state index contributed by atoms with van der Waals surface area (Å²) in [6.07, 6.45) is 2.07. The number of hydrogen-bond donors (Lipinski definition) is 1. The minimum Gasteiger partial charge on any atom is -0.352 e. The highest BCUT2D eigenvalue weighted by atomic mass is 79.9. The van der Waals surface area contributed by atoms with Crippen molar-refractivity contribution in [3.8, 4) is 0 Å². The van der Waals surface area contributed by atoms with Gasteiger partial charge in [0.25, 0.3) is 0 Å². The van der Waals surface area contributed by atoms with E-state index >= 15 is 0 Å². The standard InChI is InChI=1S/C29H33Br2N3O4S/c1-4-21(2)32-29(36)27(18-22-11-6-5-7-12-22)33(19-23-13-10-14-24(30)17-23)28(35)20-34(39(3,37)38)26-16-9-8-15-25(26)31/h5-17,21,27H,4,18-20H2,1-3H3,(H,32,36)/t21-,27+/m0/s1. The Labute approximate surface area is 247 Å². The van der Waals surface area contributed by atoms with Gasteiger partial charge in [0, 0.05) is 28.0 Å². The van der Waals surface area contributed by atoms with Gasteiger partial charge in [-0.25, -0.2) is 8.42 Å². The predicted octanol–water partition coefficient (Wildman–Crippen LogP) is 5.53. The van der Waals surface area contributed by atoms with Crippen molar-refractivity contribution in [2.75, 3.05) is 17.1 Å². The van der Waals surface area contributed by atoms with E-state index < -0.39 is 28.5 Å². The number of nitrogens with zero attached hydrogens (tertiary/aromatic N) is 2. The lowest BCUT2D eigenvalue weighted by Gasteiger charge is -2.34. The quantitative estimate of drug-likeness (QED) is 0.273. The molecule has 0 aliphatic rings. The number of nitrogens with one attached hydrogen (secondary N) is 1. The third kappa shape index (κ3) is 8.91. The Bertz CT molecular complexity index is 1390. The van der Waals surface area contributed by atoms with Crippen molar-refractivity contribution in [2.45, 2.75) is 45.3 Å². The summed E-state index contributed by atoms with van der Waals surface area (Å²) in [5, 5.41) is 3.03. The monoisotopic (exact) mass is 677 g/mol. The van der Waals surface area contributed by atoms with Crippen molar-refractivity contribution >= 4 is 59.4 Å². The Morgan fingerprint density at radius 1 is 0.923 bits per heavy atom. The zero-order valence-electron chi connectivity index (χ0n) is 22.2. The Morgan fingerprint density at radius 3 is 2.18 bits per heavy atom. The first kappa shape index (κ1) is 30.8. The van der Waals surface area contributed by atoms with Crippen LogP contribution in [0.2, 0.25) is 0 Å². The smallest absolute Gasteiger partial charge is 0.244 e. The molecular weight excluding hydrogens is 646 g/mol. The Hall–Kier alpha value is -2.69. The van der Waals surface area contributed by atoms with E-state index in [9.17, 15) is 18.0 Å². The molecule has 0 spiro atoms. The van der Waals surface area contributed by atoms with Gasteiger partial charge in [0.1, 0.15) is 12.6 Å². The summed E-state index contributed by atoms with van der Waals surface area (Å²) in [6, 6.07) is 22.9. The van der Waals surface area contributed by atoms with E-state index in [1.165, 1.54) is 4.90 Å². The molecule has 3 aromatic carbocycles. The first-order valence-corrected chi connectivity index (χ1v) is 16.0. The fourth-order valence-corrected chi connectivity index (χ4v) is 6.00. The Kier molecular flexibility index (Phi) is 11.1. The lowest BCUT2D eigenvalue weighted by Crippen LogP contribution is -2.54. The van der Waals surface area contributed by atoms with Gasteiger partial charge in [-0.15, -0.1) is 0 Å². The summed E-state index contributed by atoms with van der Waals surface area (Å²) in [5.74, 6) is -0.778. The molecule has 39 heavy (non-hydrogen) atoms. The van der Waals surface area contributed by atoms with Gasteiger partial charge >= 0.3 is 0 Å². The van der Waals surface area contributed by atoms with Gasteiger partial charge in [-0.05, 0) is 64.7 Å². The highest BCUT2D eigenvalue weighted by molar-refractivity contribution is 9.10. The van der Waals surface area contributed by atoms with E-state index in [1.807, 2.05) is 68.4 Å². The van der Waals surface area contributed by atoms with Crippen LogP contribution in [0.3, 0.4) is 0 Å². The number of hydrogen-bond acceptors (Lipinski definition) is 4. The zero-order chi connectivity index (χ0) is 28.6. The van der Waals surface area contributed by atoms with Crippen LogP contribution in [0, 0.1) is 0 Å². The average molecular weight is 679 g/mol. The van der Waals surface area contributed by atoms with Crippen LogP contribution in [0.5, 0.6) is 0 Å². The molecule has 3 aromatic rings. The Balaban J connectivity index is 2.07. The van der Waals surface area contributed by atoms with Crippen molar-refractivity contribution in [3.63, 3.8) is 0 Å². The van der Waals surface area contributed by atoms with Crippen molar-refractivity contribution in [3.05, 3.63) is 98.9 Å². The molecule has 0 unspecified atom stereocenters. The molecule has 0 heterocycles. The summed E-state index contributed by atoms with van der Waals surface area (Å²) in [4.78, 5) is 29.2. The highest BCUT2D eigenvalue weighted by Crippen LogP contribution is 2.28. The number of halogens is 2. The van der Waals surface area contributed by atoms with Crippen molar-refractivity contribution < 1.29 is 18.0 Å². The van der Waals surface area contributed by atoms with Gasteiger partial charge in [-0.3, -0.25) is 13.9 Å². The lowest BCUT2D eigenvalue weighted by atomic mass is 10.0. The molecule has 0 saturated heterocycles. The van der Waals surface area contributed by atoms with E-state index in [-0.39, 0.29) is 24.9 Å². The van der Waals surface area contributed by atoms with Crippen LogP contribution in [-0.2, 0) is 32.6 Å². The van der Waals surface area contributed by atoms with Gasteiger partial charge < -0.3 is 10.2 Å². The van der Waals surface area contributed by atoms with Gasteiger partial charge in [0.15, 0.2) is 0 Å². The fraction of sp³-hybridized carbons (Fsp3) is 0.310. The maximum atomic E-state index is 14.1. The van der Waals surface area contributed by atoms with E-state index in [4.69, 9.17) is 0 Å². The minimum atomic E-state index is -3.83. The van der Waals surface area contributed by atoms with Gasteiger partial charge in [0.2, 0.25) is 21.8 Å². The molecule has 0 bridgehead atoms. The first-order chi connectivity index (χ1) is 18.5. The van der Waals surface area contributed by atoms with Crippen molar-refractivity contribution in [1.29, 1.82) is 0 Å². The average Bonchev–Trinajstić information content (AvgIpc) is 2.89. The summed E-state index contributed by atoms with van der Waals surface area (Å²) in [7, 11) is -3.83. The van der Waals surface area contributed by atoms with Gasteiger partial charge in [-0.2, -0.15) is 0 Å². The van der Waals surface area contributed by atoms with Crippen molar-refractivity contribution in [2.24, 2.45) is 0 Å². The maximum absolute atomic E-state index is 14.1. The summed E-state index contributed by atoms with van der Waals surface area (Å²) < 4.78 is 28.2. The first-order valence-electron chi connectivity index (χ1n) is 12.6. The summed E-state index contributed by atoms with van der Waals surface area (Å²) >= 11 is 6.89. The predicted molar refractivity (Wildman–Crippen MR) is 163 cm³/mol. The summed E-state index contributed by atoms with van der Waals surface area (Å²) in [6.45, 7) is 3.55. The van der Waals surface area contributed by atoms with Gasteiger partial charge in [-0.1, -0.05) is 77.5 Å². The maximum Gasteiger partial charge on any atom is 0.244 e. The van der Waals surface area contributed by atoms with Crippen LogP contribution in [0.25, 0.3) is 0 Å². The second kappa shape index (κ2) is 14.1. The number of para-hydroxylation sites is 1. The molecule has 0 radical (unpaired) electrons. The van der Waals surface area contributed by atoms with Gasteiger partial charge in [0.05, 0.1) is 11.9 Å². The number of rotatable bonds is 12. The van der Waals surface area contributed by atoms with Crippen LogP contribution >= 0.6 is 31.9 Å². The molecule has 0 fully saturated rings. The largest absolute Gasteiger partial charge is 0.352 e. The third-order valence-electron chi connectivity index (χ3n) is 6.31. The topological polar surface area (TPSA) is 86.8 Å². The number of benzene rings is 3. The van der Waals surface area contributed by atoms with Crippen molar-refractivity contribution in [1.82, 2.24) is 10.2 Å². The zero-order valence-corrected chi connectivity index (χ0v) is 26.2. The van der Waals surface area contributed by atoms with E-state index in [1.54, 1.807) is 24.3 Å². The molecule has 7 nitrogen and oxygen atoms in total. The second-order valence-electron chi connectivity index (χ2n) is 9.40. The fourth-order valence-electron chi connectivity index (χ4n) is 4.08. The number of anilines is 1.